The summed E-state index contributed by atoms with van der Waals surface area (Å²) in [5, 5.41) is 15.3. The van der Waals surface area contributed by atoms with E-state index in [-0.39, 0.29) is 24.6 Å². The minimum absolute atomic E-state index is 0.0748. The highest BCUT2D eigenvalue weighted by molar-refractivity contribution is 5.81. The van der Waals surface area contributed by atoms with Gasteiger partial charge in [0, 0.05) is 11.1 Å². The fourth-order valence-corrected chi connectivity index (χ4v) is 6.03. The highest BCUT2D eigenvalue weighted by atomic mass is 16.5. The van der Waals surface area contributed by atoms with Crippen LogP contribution in [0.3, 0.4) is 0 Å². The van der Waals surface area contributed by atoms with Gasteiger partial charge in [-0.1, -0.05) is 29.8 Å². The summed E-state index contributed by atoms with van der Waals surface area (Å²) in [6, 6.07) is 7.74. The van der Waals surface area contributed by atoms with Gasteiger partial charge in [0.25, 0.3) is 5.91 Å². The Balaban J connectivity index is 1.12. The third-order valence-corrected chi connectivity index (χ3v) is 6.84. The summed E-state index contributed by atoms with van der Waals surface area (Å²) in [5.41, 5.74) is 1.89. The second-order valence-corrected chi connectivity index (χ2v) is 9.42. The van der Waals surface area contributed by atoms with Crippen molar-refractivity contribution in [3.8, 4) is 11.4 Å². The van der Waals surface area contributed by atoms with E-state index in [0.29, 0.717) is 5.82 Å². The Kier molecular flexibility index (Phi) is 4.79. The zero-order chi connectivity index (χ0) is 20.7. The Bertz CT molecular complexity index is 917. The fourth-order valence-electron chi connectivity index (χ4n) is 6.03. The average molecular weight is 409 g/mol. The third kappa shape index (κ3) is 3.95. The van der Waals surface area contributed by atoms with Crippen LogP contribution in [-0.2, 0) is 20.9 Å². The van der Waals surface area contributed by atoms with Crippen LogP contribution >= 0.6 is 0 Å². The fraction of sp³-hybridized carbons (Fsp3) is 0.591. The monoisotopic (exact) mass is 409 g/mol. The van der Waals surface area contributed by atoms with Crippen LogP contribution in [0.25, 0.3) is 11.4 Å². The standard InChI is InChI=1S/C22H27N5O3/c1-14-2-4-18(5-3-14)21-24-26-27(25-21)12-20(29)30-13-19(28)23-22-9-15-6-16(10-22)8-17(7-15)11-22/h2-5,15-17H,6-13H2,1H3,(H,23,28). The number of hydrogen-bond acceptors (Lipinski definition) is 6. The molecule has 1 N–H and O–H groups in total. The van der Waals surface area contributed by atoms with Gasteiger partial charge in [0.1, 0.15) is 0 Å². The van der Waals surface area contributed by atoms with E-state index >= 15 is 0 Å². The van der Waals surface area contributed by atoms with Crippen LogP contribution in [0.15, 0.2) is 24.3 Å². The number of ether oxygens (including phenoxy) is 1. The van der Waals surface area contributed by atoms with Crippen molar-refractivity contribution in [2.24, 2.45) is 17.8 Å². The predicted octanol–water partition coefficient (Wildman–Crippen LogP) is 2.28. The van der Waals surface area contributed by atoms with Gasteiger partial charge in [-0.2, -0.15) is 4.80 Å². The summed E-state index contributed by atoms with van der Waals surface area (Å²) in [5.74, 6) is 1.93. The highest BCUT2D eigenvalue weighted by Crippen LogP contribution is 2.55. The van der Waals surface area contributed by atoms with Crippen molar-refractivity contribution in [1.82, 2.24) is 25.5 Å². The number of esters is 1. The number of carbonyl (C=O) groups excluding carboxylic acids is 2. The van der Waals surface area contributed by atoms with Crippen LogP contribution in [0, 0.1) is 24.7 Å². The molecule has 0 aliphatic heterocycles. The zero-order valence-corrected chi connectivity index (χ0v) is 17.2. The van der Waals surface area contributed by atoms with Gasteiger partial charge >= 0.3 is 5.97 Å². The molecule has 4 aliphatic rings. The first-order valence-electron chi connectivity index (χ1n) is 10.8. The Labute approximate surface area is 175 Å². The number of carbonyl (C=O) groups is 2. The van der Waals surface area contributed by atoms with E-state index in [1.807, 2.05) is 31.2 Å². The minimum Gasteiger partial charge on any atom is -0.454 e. The van der Waals surface area contributed by atoms with Crippen LogP contribution in [0.5, 0.6) is 0 Å². The van der Waals surface area contributed by atoms with Gasteiger partial charge in [-0.3, -0.25) is 4.79 Å². The number of aryl methyl sites for hydroxylation is 1. The third-order valence-electron chi connectivity index (χ3n) is 6.84. The van der Waals surface area contributed by atoms with E-state index in [1.165, 1.54) is 24.1 Å². The summed E-state index contributed by atoms with van der Waals surface area (Å²) in [7, 11) is 0. The van der Waals surface area contributed by atoms with Gasteiger partial charge in [-0.15, -0.1) is 10.2 Å². The maximum Gasteiger partial charge on any atom is 0.330 e. The molecular formula is C22H27N5O3. The molecular weight excluding hydrogens is 382 g/mol. The number of aromatic nitrogens is 4. The lowest BCUT2D eigenvalue weighted by atomic mass is 9.53. The van der Waals surface area contributed by atoms with Gasteiger partial charge in [0.2, 0.25) is 5.82 Å². The highest BCUT2D eigenvalue weighted by Gasteiger charge is 2.51. The Morgan fingerprint density at radius 3 is 2.37 bits per heavy atom. The molecule has 2 aromatic rings. The summed E-state index contributed by atoms with van der Waals surface area (Å²) in [4.78, 5) is 25.8. The molecule has 1 heterocycles. The number of benzene rings is 1. The number of nitrogens with one attached hydrogen (secondary N) is 1. The molecule has 1 aromatic heterocycles. The van der Waals surface area contributed by atoms with Gasteiger partial charge < -0.3 is 10.1 Å². The number of tetrazole rings is 1. The van der Waals surface area contributed by atoms with Crippen LogP contribution in [0.4, 0.5) is 0 Å². The first kappa shape index (κ1) is 19.2. The molecule has 0 unspecified atom stereocenters. The van der Waals surface area contributed by atoms with Gasteiger partial charge in [-0.05, 0) is 68.4 Å². The number of nitrogens with zero attached hydrogens (tertiary/aromatic N) is 4. The molecule has 4 aliphatic carbocycles. The molecule has 158 valence electrons. The Hall–Kier alpha value is -2.77. The number of rotatable bonds is 6. The molecule has 4 bridgehead atoms. The second-order valence-electron chi connectivity index (χ2n) is 9.42. The van der Waals surface area contributed by atoms with Crippen LogP contribution in [0.2, 0.25) is 0 Å². The minimum atomic E-state index is -0.552. The Morgan fingerprint density at radius 2 is 1.73 bits per heavy atom. The first-order valence-corrected chi connectivity index (χ1v) is 10.8. The van der Waals surface area contributed by atoms with Crippen molar-refractivity contribution in [1.29, 1.82) is 0 Å². The lowest BCUT2D eigenvalue weighted by Gasteiger charge is -2.56. The molecule has 8 nitrogen and oxygen atoms in total. The molecule has 0 saturated heterocycles. The van der Waals surface area contributed by atoms with E-state index in [1.54, 1.807) is 0 Å². The molecule has 6 rings (SSSR count). The average Bonchev–Trinajstić information content (AvgIpc) is 3.14. The van der Waals surface area contributed by atoms with Gasteiger partial charge in [0.15, 0.2) is 13.2 Å². The van der Waals surface area contributed by atoms with E-state index in [9.17, 15) is 9.59 Å². The molecule has 4 fully saturated rings. The SMILES string of the molecule is Cc1ccc(-c2nnn(CC(=O)OCC(=O)NC34CC5CC(CC(C5)C3)C4)n2)cc1. The van der Waals surface area contributed by atoms with Crippen molar-refractivity contribution >= 4 is 11.9 Å². The molecule has 0 radical (unpaired) electrons. The molecule has 0 spiro atoms. The zero-order valence-electron chi connectivity index (χ0n) is 17.2. The van der Waals surface area contributed by atoms with Gasteiger partial charge in [0.05, 0.1) is 0 Å². The summed E-state index contributed by atoms with van der Waals surface area (Å²) >= 11 is 0. The van der Waals surface area contributed by atoms with Crippen molar-refractivity contribution in [3.05, 3.63) is 29.8 Å². The summed E-state index contributed by atoms with van der Waals surface area (Å²) in [6.45, 7) is 1.56. The smallest absolute Gasteiger partial charge is 0.330 e. The van der Waals surface area contributed by atoms with Crippen molar-refractivity contribution in [3.63, 3.8) is 0 Å². The lowest BCUT2D eigenvalue weighted by molar-refractivity contribution is -0.151. The topological polar surface area (TPSA) is 99.0 Å². The molecule has 30 heavy (non-hydrogen) atoms. The van der Waals surface area contributed by atoms with E-state index in [2.05, 4.69) is 20.7 Å². The van der Waals surface area contributed by atoms with E-state index < -0.39 is 5.97 Å². The van der Waals surface area contributed by atoms with Crippen LogP contribution in [0.1, 0.15) is 44.1 Å². The molecule has 8 heteroatoms. The van der Waals surface area contributed by atoms with Crippen LogP contribution in [-0.4, -0.2) is 44.2 Å². The van der Waals surface area contributed by atoms with Gasteiger partial charge in [-0.25, -0.2) is 4.79 Å². The Morgan fingerprint density at radius 1 is 1.10 bits per heavy atom. The van der Waals surface area contributed by atoms with Crippen LogP contribution < -0.4 is 5.32 Å². The number of hydrogen-bond donors (Lipinski definition) is 1. The van der Waals surface area contributed by atoms with E-state index in [0.717, 1.165) is 48.1 Å². The molecule has 4 saturated carbocycles. The molecule has 1 aromatic carbocycles. The lowest BCUT2D eigenvalue weighted by Crippen LogP contribution is -2.60. The maximum absolute atomic E-state index is 12.5. The maximum atomic E-state index is 12.5. The quantitative estimate of drug-likeness (QED) is 0.735. The normalized spacial score (nSPS) is 29.0. The van der Waals surface area contributed by atoms with Crippen molar-refractivity contribution in [2.45, 2.75) is 57.5 Å². The largest absolute Gasteiger partial charge is 0.454 e. The predicted molar refractivity (Wildman–Crippen MR) is 108 cm³/mol. The summed E-state index contributed by atoms with van der Waals surface area (Å²) in [6.07, 6.45) is 7.18. The second kappa shape index (κ2) is 7.49. The molecule has 1 amide bonds. The van der Waals surface area contributed by atoms with E-state index in [4.69, 9.17) is 4.74 Å². The number of amides is 1. The summed E-state index contributed by atoms with van der Waals surface area (Å²) < 4.78 is 5.17. The first-order chi connectivity index (χ1) is 14.5. The molecule has 0 atom stereocenters. The van der Waals surface area contributed by atoms with Crippen molar-refractivity contribution < 1.29 is 14.3 Å². The van der Waals surface area contributed by atoms with Crippen molar-refractivity contribution in [2.75, 3.05) is 6.61 Å².